The summed E-state index contributed by atoms with van der Waals surface area (Å²) in [6.07, 6.45) is -0.162. The number of esters is 1. The number of hydrogen-bond donors (Lipinski definition) is 0. The Bertz CT molecular complexity index is 158. The number of rotatable bonds is 7. The predicted molar refractivity (Wildman–Crippen MR) is 53.1 cm³/mol. The zero-order valence-electron chi connectivity index (χ0n) is 9.41. The van der Waals surface area contributed by atoms with Crippen LogP contribution in [0.15, 0.2) is 0 Å². The van der Waals surface area contributed by atoms with Crippen LogP contribution in [0, 0.1) is 0 Å². The standard InChI is InChI=1S/C10H20O4/c1-5-12-6-8(2)13-7-9(3)14-10(4)11/h8-9H,5-7H2,1-4H3. The monoisotopic (exact) mass is 204 g/mol. The van der Waals surface area contributed by atoms with Crippen LogP contribution in [0.25, 0.3) is 0 Å². The van der Waals surface area contributed by atoms with E-state index in [0.29, 0.717) is 19.8 Å². The third-order valence-electron chi connectivity index (χ3n) is 1.54. The highest BCUT2D eigenvalue weighted by atomic mass is 16.6. The Morgan fingerprint density at radius 3 is 2.36 bits per heavy atom. The molecule has 0 radical (unpaired) electrons. The van der Waals surface area contributed by atoms with Gasteiger partial charge in [0.15, 0.2) is 0 Å². The van der Waals surface area contributed by atoms with Crippen molar-refractivity contribution in [1.29, 1.82) is 0 Å². The molecular formula is C10H20O4. The molecule has 0 rings (SSSR count). The molecule has 0 aromatic carbocycles. The smallest absolute Gasteiger partial charge is 0.302 e. The molecule has 0 aromatic rings. The number of carbonyl (C=O) groups is 1. The van der Waals surface area contributed by atoms with Gasteiger partial charge in [-0.1, -0.05) is 0 Å². The molecule has 0 saturated heterocycles. The van der Waals surface area contributed by atoms with Crippen LogP contribution in [0.5, 0.6) is 0 Å². The lowest BCUT2D eigenvalue weighted by Gasteiger charge is -2.16. The fraction of sp³-hybridized carbons (Fsp3) is 0.900. The summed E-state index contributed by atoms with van der Waals surface area (Å²) in [5.74, 6) is -0.279. The van der Waals surface area contributed by atoms with Gasteiger partial charge < -0.3 is 14.2 Å². The zero-order valence-corrected chi connectivity index (χ0v) is 9.41. The molecular weight excluding hydrogens is 184 g/mol. The van der Waals surface area contributed by atoms with E-state index in [-0.39, 0.29) is 18.2 Å². The minimum atomic E-state index is -0.279. The lowest BCUT2D eigenvalue weighted by molar-refractivity contribution is -0.149. The quantitative estimate of drug-likeness (QED) is 0.588. The zero-order chi connectivity index (χ0) is 11.0. The SMILES string of the molecule is CCOCC(C)OCC(C)OC(C)=O. The lowest BCUT2D eigenvalue weighted by Crippen LogP contribution is -2.24. The van der Waals surface area contributed by atoms with Crippen LogP contribution in [0.1, 0.15) is 27.7 Å². The Balaban J connectivity index is 3.45. The molecule has 0 heterocycles. The highest BCUT2D eigenvalue weighted by Crippen LogP contribution is 1.97. The first-order valence-electron chi connectivity index (χ1n) is 4.92. The Labute approximate surface area is 85.5 Å². The van der Waals surface area contributed by atoms with Crippen LogP contribution in [-0.4, -0.2) is 38.0 Å². The molecule has 0 bridgehead atoms. The average Bonchev–Trinajstić information content (AvgIpc) is 2.10. The largest absolute Gasteiger partial charge is 0.460 e. The molecule has 2 unspecified atom stereocenters. The third-order valence-corrected chi connectivity index (χ3v) is 1.54. The van der Waals surface area contributed by atoms with Gasteiger partial charge in [0, 0.05) is 13.5 Å². The van der Waals surface area contributed by atoms with E-state index in [4.69, 9.17) is 14.2 Å². The molecule has 0 amide bonds. The van der Waals surface area contributed by atoms with Gasteiger partial charge in [0.05, 0.1) is 19.3 Å². The normalized spacial score (nSPS) is 14.9. The van der Waals surface area contributed by atoms with E-state index in [1.165, 1.54) is 6.92 Å². The maximum Gasteiger partial charge on any atom is 0.302 e. The van der Waals surface area contributed by atoms with Crippen molar-refractivity contribution in [3.63, 3.8) is 0 Å². The molecule has 84 valence electrons. The van der Waals surface area contributed by atoms with E-state index < -0.39 is 0 Å². The highest BCUT2D eigenvalue weighted by molar-refractivity contribution is 5.66. The lowest BCUT2D eigenvalue weighted by atomic mass is 10.4. The molecule has 2 atom stereocenters. The summed E-state index contributed by atoms with van der Waals surface area (Å²) in [5.41, 5.74) is 0. The van der Waals surface area contributed by atoms with Crippen LogP contribution >= 0.6 is 0 Å². The van der Waals surface area contributed by atoms with Crippen LogP contribution in [0.2, 0.25) is 0 Å². The maximum absolute atomic E-state index is 10.6. The first-order valence-corrected chi connectivity index (χ1v) is 4.92. The van der Waals surface area contributed by atoms with Crippen molar-refractivity contribution in [2.24, 2.45) is 0 Å². The van der Waals surface area contributed by atoms with Gasteiger partial charge in [-0.15, -0.1) is 0 Å². The second kappa shape index (κ2) is 7.76. The van der Waals surface area contributed by atoms with Crippen molar-refractivity contribution in [1.82, 2.24) is 0 Å². The Morgan fingerprint density at radius 2 is 1.86 bits per heavy atom. The average molecular weight is 204 g/mol. The van der Waals surface area contributed by atoms with Gasteiger partial charge in [0.1, 0.15) is 6.10 Å². The topological polar surface area (TPSA) is 44.8 Å². The molecule has 4 heteroatoms. The number of carbonyl (C=O) groups excluding carboxylic acids is 1. The molecule has 4 nitrogen and oxygen atoms in total. The van der Waals surface area contributed by atoms with Crippen LogP contribution in [0.3, 0.4) is 0 Å². The van der Waals surface area contributed by atoms with Crippen LogP contribution in [0.4, 0.5) is 0 Å². The fourth-order valence-corrected chi connectivity index (χ4v) is 0.949. The number of ether oxygens (including phenoxy) is 3. The summed E-state index contributed by atoms with van der Waals surface area (Å²) >= 11 is 0. The molecule has 0 aliphatic heterocycles. The number of hydrogen-bond acceptors (Lipinski definition) is 4. The second-order valence-electron chi connectivity index (χ2n) is 3.22. The molecule has 0 spiro atoms. The molecule has 0 aliphatic rings. The minimum absolute atomic E-state index is 0.0351. The summed E-state index contributed by atoms with van der Waals surface area (Å²) in [7, 11) is 0. The minimum Gasteiger partial charge on any atom is -0.460 e. The molecule has 0 fully saturated rings. The van der Waals surface area contributed by atoms with Crippen LogP contribution in [-0.2, 0) is 19.0 Å². The van der Waals surface area contributed by atoms with Gasteiger partial charge in [-0.3, -0.25) is 4.79 Å². The van der Waals surface area contributed by atoms with E-state index in [1.807, 2.05) is 13.8 Å². The first-order chi connectivity index (χ1) is 6.56. The predicted octanol–water partition coefficient (Wildman–Crippen LogP) is 1.38. The Hall–Kier alpha value is -0.610. The molecule has 0 aliphatic carbocycles. The first kappa shape index (κ1) is 13.4. The second-order valence-corrected chi connectivity index (χ2v) is 3.22. The van der Waals surface area contributed by atoms with Gasteiger partial charge in [-0.25, -0.2) is 0 Å². The van der Waals surface area contributed by atoms with E-state index in [0.717, 1.165) is 0 Å². The van der Waals surface area contributed by atoms with Crippen molar-refractivity contribution < 1.29 is 19.0 Å². The Morgan fingerprint density at radius 1 is 1.21 bits per heavy atom. The van der Waals surface area contributed by atoms with Gasteiger partial charge in [0.2, 0.25) is 0 Å². The van der Waals surface area contributed by atoms with E-state index in [1.54, 1.807) is 6.92 Å². The van der Waals surface area contributed by atoms with Crippen molar-refractivity contribution in [3.05, 3.63) is 0 Å². The third kappa shape index (κ3) is 8.01. The molecule has 0 aromatic heterocycles. The van der Waals surface area contributed by atoms with Crippen molar-refractivity contribution >= 4 is 5.97 Å². The summed E-state index contributed by atoms with van der Waals surface area (Å²) < 4.78 is 15.5. The molecule has 0 saturated carbocycles. The van der Waals surface area contributed by atoms with Crippen molar-refractivity contribution in [2.75, 3.05) is 19.8 Å². The van der Waals surface area contributed by atoms with Gasteiger partial charge in [0.25, 0.3) is 0 Å². The highest BCUT2D eigenvalue weighted by Gasteiger charge is 2.08. The Kier molecular flexibility index (Phi) is 7.42. The van der Waals surface area contributed by atoms with E-state index >= 15 is 0 Å². The molecule has 14 heavy (non-hydrogen) atoms. The van der Waals surface area contributed by atoms with E-state index in [2.05, 4.69) is 0 Å². The fourth-order valence-electron chi connectivity index (χ4n) is 0.949. The van der Waals surface area contributed by atoms with Crippen molar-refractivity contribution in [3.8, 4) is 0 Å². The van der Waals surface area contributed by atoms with Gasteiger partial charge >= 0.3 is 5.97 Å². The van der Waals surface area contributed by atoms with Crippen molar-refractivity contribution in [2.45, 2.75) is 39.9 Å². The maximum atomic E-state index is 10.6. The summed E-state index contributed by atoms with van der Waals surface area (Å²) in [6, 6.07) is 0. The molecule has 0 N–H and O–H groups in total. The van der Waals surface area contributed by atoms with Gasteiger partial charge in [-0.2, -0.15) is 0 Å². The van der Waals surface area contributed by atoms with Crippen LogP contribution < -0.4 is 0 Å². The summed E-state index contributed by atoms with van der Waals surface area (Å²) in [4.78, 5) is 10.6. The summed E-state index contributed by atoms with van der Waals surface area (Å²) in [5, 5.41) is 0. The van der Waals surface area contributed by atoms with Gasteiger partial charge in [-0.05, 0) is 20.8 Å². The van der Waals surface area contributed by atoms with E-state index in [9.17, 15) is 4.79 Å². The summed E-state index contributed by atoms with van der Waals surface area (Å²) in [6.45, 7) is 8.73.